The standard InChI is InChI=1S/C20H39F3O2/c1-2-3-4-5-8-11-14-17-25-18-15-12-9-6-7-10-13-16-19(24)20(21,22)23/h19,24H,2-18H2,1H3. The lowest BCUT2D eigenvalue weighted by atomic mass is 10.1. The van der Waals surface area contributed by atoms with E-state index in [4.69, 9.17) is 9.84 Å². The molecule has 1 unspecified atom stereocenters. The zero-order valence-corrected chi connectivity index (χ0v) is 16.1. The van der Waals surface area contributed by atoms with Gasteiger partial charge >= 0.3 is 6.18 Å². The van der Waals surface area contributed by atoms with Crippen LogP contribution in [0.2, 0.25) is 0 Å². The SMILES string of the molecule is CCCCCCCCCOCCCCCCCCCC(O)C(F)(F)F. The molecule has 25 heavy (non-hydrogen) atoms. The first-order valence-electron chi connectivity index (χ1n) is 10.3. The molecule has 0 aromatic heterocycles. The average molecular weight is 369 g/mol. The lowest BCUT2D eigenvalue weighted by molar-refractivity contribution is -0.205. The van der Waals surface area contributed by atoms with E-state index in [0.29, 0.717) is 6.42 Å². The van der Waals surface area contributed by atoms with Crippen molar-refractivity contribution < 1.29 is 23.0 Å². The molecule has 0 heterocycles. The molecule has 0 aliphatic rings. The fourth-order valence-corrected chi connectivity index (χ4v) is 2.85. The van der Waals surface area contributed by atoms with Gasteiger partial charge in [-0.25, -0.2) is 0 Å². The van der Waals surface area contributed by atoms with Crippen molar-refractivity contribution >= 4 is 0 Å². The summed E-state index contributed by atoms with van der Waals surface area (Å²) in [6.07, 6.45) is 8.86. The van der Waals surface area contributed by atoms with Crippen molar-refractivity contribution in [1.29, 1.82) is 0 Å². The zero-order chi connectivity index (χ0) is 18.8. The highest BCUT2D eigenvalue weighted by molar-refractivity contribution is 4.64. The number of halogens is 3. The summed E-state index contributed by atoms with van der Waals surface area (Å²) in [7, 11) is 0. The summed E-state index contributed by atoms with van der Waals surface area (Å²) in [4.78, 5) is 0. The highest BCUT2D eigenvalue weighted by Crippen LogP contribution is 2.24. The average Bonchev–Trinajstić information content (AvgIpc) is 2.56. The van der Waals surface area contributed by atoms with Crippen LogP contribution in [0.3, 0.4) is 0 Å². The molecule has 5 heteroatoms. The quantitative estimate of drug-likeness (QED) is 0.270. The Morgan fingerprint density at radius 1 is 0.680 bits per heavy atom. The predicted molar refractivity (Wildman–Crippen MR) is 97.8 cm³/mol. The smallest absolute Gasteiger partial charge is 0.384 e. The summed E-state index contributed by atoms with van der Waals surface area (Å²) in [6, 6.07) is 0. The molecule has 1 N–H and O–H groups in total. The van der Waals surface area contributed by atoms with Crippen LogP contribution in [0.25, 0.3) is 0 Å². The maximum Gasteiger partial charge on any atom is 0.414 e. The van der Waals surface area contributed by atoms with Crippen LogP contribution in [0.15, 0.2) is 0 Å². The number of aliphatic hydroxyl groups is 1. The molecule has 0 rings (SSSR count). The van der Waals surface area contributed by atoms with Gasteiger partial charge in [-0.2, -0.15) is 13.2 Å². The van der Waals surface area contributed by atoms with Gasteiger partial charge in [-0.05, 0) is 19.3 Å². The number of alkyl halides is 3. The minimum Gasteiger partial charge on any atom is -0.384 e. The van der Waals surface area contributed by atoms with E-state index in [1.165, 1.54) is 38.5 Å². The Kier molecular flexibility index (Phi) is 16.9. The second-order valence-corrected chi connectivity index (χ2v) is 7.05. The van der Waals surface area contributed by atoms with E-state index in [1.54, 1.807) is 0 Å². The second-order valence-electron chi connectivity index (χ2n) is 7.05. The summed E-state index contributed by atoms with van der Waals surface area (Å²) < 4.78 is 41.9. The molecule has 0 fully saturated rings. The van der Waals surface area contributed by atoms with E-state index in [0.717, 1.165) is 58.2 Å². The van der Waals surface area contributed by atoms with E-state index in [1.807, 2.05) is 0 Å². The fourth-order valence-electron chi connectivity index (χ4n) is 2.85. The molecular formula is C20H39F3O2. The molecule has 0 aromatic rings. The Morgan fingerprint density at radius 3 is 1.52 bits per heavy atom. The molecule has 0 radical (unpaired) electrons. The number of hydrogen-bond acceptors (Lipinski definition) is 2. The molecule has 0 spiro atoms. The second kappa shape index (κ2) is 17.1. The summed E-state index contributed by atoms with van der Waals surface area (Å²) >= 11 is 0. The van der Waals surface area contributed by atoms with Crippen molar-refractivity contribution in [3.8, 4) is 0 Å². The Labute approximate surface area is 152 Å². The van der Waals surface area contributed by atoms with Gasteiger partial charge in [0.25, 0.3) is 0 Å². The Hall–Kier alpha value is -0.290. The maximum absolute atomic E-state index is 12.1. The molecular weight excluding hydrogens is 329 g/mol. The van der Waals surface area contributed by atoms with Gasteiger partial charge in [-0.15, -0.1) is 0 Å². The van der Waals surface area contributed by atoms with Gasteiger partial charge in [0.1, 0.15) is 6.10 Å². The Balaban J connectivity index is 3.10. The lowest BCUT2D eigenvalue weighted by Gasteiger charge is -2.13. The summed E-state index contributed by atoms with van der Waals surface area (Å²) in [5.74, 6) is 0. The van der Waals surface area contributed by atoms with Crippen molar-refractivity contribution in [3.63, 3.8) is 0 Å². The van der Waals surface area contributed by atoms with Crippen LogP contribution in [-0.4, -0.2) is 30.6 Å². The third-order valence-electron chi connectivity index (χ3n) is 4.54. The molecule has 0 aliphatic carbocycles. The van der Waals surface area contributed by atoms with E-state index in [-0.39, 0.29) is 6.42 Å². The first-order valence-corrected chi connectivity index (χ1v) is 10.3. The zero-order valence-electron chi connectivity index (χ0n) is 16.1. The van der Waals surface area contributed by atoms with E-state index in [9.17, 15) is 13.2 Å². The van der Waals surface area contributed by atoms with Gasteiger partial charge in [-0.3, -0.25) is 0 Å². The highest BCUT2D eigenvalue weighted by Gasteiger charge is 2.37. The van der Waals surface area contributed by atoms with E-state index in [2.05, 4.69) is 6.92 Å². The number of unbranched alkanes of at least 4 members (excludes halogenated alkanes) is 12. The first kappa shape index (κ1) is 24.7. The van der Waals surface area contributed by atoms with Gasteiger partial charge < -0.3 is 9.84 Å². The number of aliphatic hydroxyl groups excluding tert-OH is 1. The van der Waals surface area contributed by atoms with Crippen LogP contribution in [-0.2, 0) is 4.74 Å². The number of ether oxygens (including phenoxy) is 1. The molecule has 152 valence electrons. The Morgan fingerprint density at radius 2 is 1.08 bits per heavy atom. The van der Waals surface area contributed by atoms with E-state index >= 15 is 0 Å². The minimum absolute atomic E-state index is 0.171. The van der Waals surface area contributed by atoms with Gasteiger partial charge in [0.2, 0.25) is 0 Å². The number of rotatable bonds is 18. The topological polar surface area (TPSA) is 29.5 Å². The van der Waals surface area contributed by atoms with Gasteiger partial charge in [0.15, 0.2) is 0 Å². The molecule has 2 nitrogen and oxygen atoms in total. The van der Waals surface area contributed by atoms with Crippen molar-refractivity contribution in [2.75, 3.05) is 13.2 Å². The molecule has 1 atom stereocenters. The summed E-state index contributed by atoms with van der Waals surface area (Å²) in [6.45, 7) is 3.93. The van der Waals surface area contributed by atoms with Crippen molar-refractivity contribution in [2.45, 2.75) is 116 Å². The number of hydrogen-bond donors (Lipinski definition) is 1. The molecule has 0 saturated heterocycles. The molecule has 0 aliphatic heterocycles. The van der Waals surface area contributed by atoms with Crippen molar-refractivity contribution in [1.82, 2.24) is 0 Å². The Bertz CT molecular complexity index is 270. The maximum atomic E-state index is 12.1. The third kappa shape index (κ3) is 18.3. The van der Waals surface area contributed by atoms with E-state index < -0.39 is 12.3 Å². The fraction of sp³-hybridized carbons (Fsp3) is 1.00. The molecule has 0 bridgehead atoms. The minimum atomic E-state index is -4.46. The van der Waals surface area contributed by atoms with Crippen molar-refractivity contribution in [2.24, 2.45) is 0 Å². The monoisotopic (exact) mass is 368 g/mol. The third-order valence-corrected chi connectivity index (χ3v) is 4.54. The van der Waals surface area contributed by atoms with Crippen LogP contribution in [0.4, 0.5) is 13.2 Å². The van der Waals surface area contributed by atoms with Crippen LogP contribution >= 0.6 is 0 Å². The normalized spacial score (nSPS) is 13.3. The first-order chi connectivity index (χ1) is 12.0. The van der Waals surface area contributed by atoms with Crippen LogP contribution in [0.5, 0.6) is 0 Å². The predicted octanol–water partition coefficient (Wildman–Crippen LogP) is 6.80. The molecule has 0 amide bonds. The van der Waals surface area contributed by atoms with Crippen LogP contribution in [0.1, 0.15) is 103 Å². The highest BCUT2D eigenvalue weighted by atomic mass is 19.4. The molecule has 0 aromatic carbocycles. The van der Waals surface area contributed by atoms with Gasteiger partial charge in [-0.1, -0.05) is 84.0 Å². The van der Waals surface area contributed by atoms with Gasteiger partial charge in [0.05, 0.1) is 0 Å². The van der Waals surface area contributed by atoms with Crippen molar-refractivity contribution in [3.05, 3.63) is 0 Å². The lowest BCUT2D eigenvalue weighted by Crippen LogP contribution is -2.28. The van der Waals surface area contributed by atoms with Crippen LogP contribution < -0.4 is 0 Å². The summed E-state index contributed by atoms with van der Waals surface area (Å²) in [5, 5.41) is 8.87. The largest absolute Gasteiger partial charge is 0.414 e. The van der Waals surface area contributed by atoms with Crippen LogP contribution in [0, 0.1) is 0 Å². The summed E-state index contributed by atoms with van der Waals surface area (Å²) in [5.41, 5.74) is 0. The molecule has 0 saturated carbocycles. The van der Waals surface area contributed by atoms with Gasteiger partial charge in [0, 0.05) is 13.2 Å².